The van der Waals surface area contributed by atoms with Gasteiger partial charge in [-0.05, 0) is 12.5 Å². The van der Waals surface area contributed by atoms with Gasteiger partial charge in [-0.15, -0.1) is 0 Å². The molecule has 0 heterocycles. The van der Waals surface area contributed by atoms with E-state index in [4.69, 9.17) is 21.4 Å². The highest BCUT2D eigenvalue weighted by Crippen LogP contribution is 2.28. The lowest BCUT2D eigenvalue weighted by atomic mass is 10.1. The standard InChI is InChI=1S/C14H15ClF2O4/c1-2-12(18)9-5-10(15)11(17)6-13(9)21-8(7-16)3-4-14(19)20/h5-6,8H,2-4,7H2,1H3,(H,19,20)/t8-/m1/s1. The van der Waals surface area contributed by atoms with E-state index in [-0.39, 0.29) is 41.4 Å². The molecule has 0 radical (unpaired) electrons. The first-order valence-electron chi connectivity index (χ1n) is 6.35. The van der Waals surface area contributed by atoms with Gasteiger partial charge in [-0.2, -0.15) is 0 Å². The minimum atomic E-state index is -1.09. The highest BCUT2D eigenvalue weighted by atomic mass is 35.5. The Hall–Kier alpha value is -1.69. The van der Waals surface area contributed by atoms with Crippen LogP contribution in [0.5, 0.6) is 5.75 Å². The molecule has 0 saturated heterocycles. The number of hydrogen-bond donors (Lipinski definition) is 1. The van der Waals surface area contributed by atoms with E-state index in [1.165, 1.54) is 0 Å². The van der Waals surface area contributed by atoms with Crippen LogP contribution < -0.4 is 4.74 Å². The average molecular weight is 321 g/mol. The van der Waals surface area contributed by atoms with Crippen LogP contribution in [0, 0.1) is 5.82 Å². The molecule has 0 aliphatic carbocycles. The van der Waals surface area contributed by atoms with Crippen LogP contribution in [0.2, 0.25) is 5.02 Å². The van der Waals surface area contributed by atoms with Crippen LogP contribution in [-0.4, -0.2) is 29.6 Å². The summed E-state index contributed by atoms with van der Waals surface area (Å²) < 4.78 is 31.6. The summed E-state index contributed by atoms with van der Waals surface area (Å²) in [5, 5.41) is 8.34. The average Bonchev–Trinajstić information content (AvgIpc) is 2.45. The molecular formula is C14H15ClF2O4. The van der Waals surface area contributed by atoms with Crippen molar-refractivity contribution in [3.8, 4) is 5.75 Å². The third-order valence-electron chi connectivity index (χ3n) is 2.79. The predicted octanol–water partition coefficient (Wildman–Crippen LogP) is 3.65. The SMILES string of the molecule is CCC(=O)c1cc(Cl)c(F)cc1O[C@@H](CF)CCC(=O)O. The van der Waals surface area contributed by atoms with E-state index < -0.39 is 24.6 Å². The van der Waals surface area contributed by atoms with Crippen molar-refractivity contribution in [2.24, 2.45) is 0 Å². The molecule has 1 N–H and O–H groups in total. The van der Waals surface area contributed by atoms with Gasteiger partial charge in [0.15, 0.2) is 5.78 Å². The lowest BCUT2D eigenvalue weighted by Gasteiger charge is -2.18. The number of ether oxygens (including phenoxy) is 1. The van der Waals surface area contributed by atoms with E-state index in [2.05, 4.69) is 0 Å². The van der Waals surface area contributed by atoms with Gasteiger partial charge in [0, 0.05) is 18.9 Å². The molecule has 0 unspecified atom stereocenters. The second-order valence-electron chi connectivity index (χ2n) is 4.37. The molecule has 0 amide bonds. The molecule has 7 heteroatoms. The zero-order valence-corrected chi connectivity index (χ0v) is 12.1. The van der Waals surface area contributed by atoms with Crippen molar-refractivity contribution in [1.82, 2.24) is 0 Å². The maximum atomic E-state index is 13.5. The largest absolute Gasteiger partial charge is 0.487 e. The molecule has 116 valence electrons. The molecule has 0 saturated carbocycles. The zero-order valence-electron chi connectivity index (χ0n) is 11.4. The van der Waals surface area contributed by atoms with Crippen LogP contribution in [0.4, 0.5) is 8.78 Å². The van der Waals surface area contributed by atoms with E-state index in [9.17, 15) is 18.4 Å². The van der Waals surface area contributed by atoms with Crippen LogP contribution in [0.1, 0.15) is 36.5 Å². The monoisotopic (exact) mass is 320 g/mol. The van der Waals surface area contributed by atoms with Crippen molar-refractivity contribution in [1.29, 1.82) is 0 Å². The predicted molar refractivity (Wildman–Crippen MR) is 73.3 cm³/mol. The van der Waals surface area contributed by atoms with Crippen molar-refractivity contribution in [3.63, 3.8) is 0 Å². The number of alkyl halides is 1. The van der Waals surface area contributed by atoms with Gasteiger partial charge in [0.25, 0.3) is 0 Å². The number of rotatable bonds is 8. The summed E-state index contributed by atoms with van der Waals surface area (Å²) in [6, 6.07) is 2.04. The minimum Gasteiger partial charge on any atom is -0.487 e. The fraction of sp³-hybridized carbons (Fsp3) is 0.429. The fourth-order valence-corrected chi connectivity index (χ4v) is 1.83. The molecule has 1 rings (SSSR count). The second kappa shape index (κ2) is 7.93. The summed E-state index contributed by atoms with van der Waals surface area (Å²) in [5.74, 6) is -2.35. The normalized spacial score (nSPS) is 12.0. The Labute approximate surface area is 125 Å². The fourth-order valence-electron chi connectivity index (χ4n) is 1.67. The van der Waals surface area contributed by atoms with E-state index in [1.807, 2.05) is 0 Å². The van der Waals surface area contributed by atoms with Gasteiger partial charge in [0.05, 0.1) is 10.6 Å². The Morgan fingerprint density at radius 1 is 1.43 bits per heavy atom. The Bertz CT molecular complexity index is 534. The van der Waals surface area contributed by atoms with Gasteiger partial charge in [-0.25, -0.2) is 8.78 Å². The van der Waals surface area contributed by atoms with E-state index >= 15 is 0 Å². The topological polar surface area (TPSA) is 63.6 Å². The number of halogens is 3. The van der Waals surface area contributed by atoms with E-state index in [1.54, 1.807) is 6.92 Å². The van der Waals surface area contributed by atoms with Crippen LogP contribution in [0.25, 0.3) is 0 Å². The van der Waals surface area contributed by atoms with Gasteiger partial charge < -0.3 is 9.84 Å². The number of carbonyl (C=O) groups is 2. The van der Waals surface area contributed by atoms with Gasteiger partial charge in [-0.3, -0.25) is 9.59 Å². The van der Waals surface area contributed by atoms with Crippen molar-refractivity contribution in [3.05, 3.63) is 28.5 Å². The summed E-state index contributed by atoms with van der Waals surface area (Å²) >= 11 is 5.63. The van der Waals surface area contributed by atoms with Gasteiger partial charge in [0.1, 0.15) is 24.3 Å². The molecule has 0 aliphatic rings. The first-order valence-corrected chi connectivity index (χ1v) is 6.73. The highest BCUT2D eigenvalue weighted by Gasteiger charge is 2.19. The molecule has 1 aromatic rings. The number of carboxylic acid groups (broad SMARTS) is 1. The van der Waals surface area contributed by atoms with Crippen molar-refractivity contribution >= 4 is 23.4 Å². The molecule has 0 spiro atoms. The quantitative estimate of drug-likeness (QED) is 0.743. The third kappa shape index (κ3) is 4.97. The van der Waals surface area contributed by atoms with Crippen molar-refractivity contribution < 1.29 is 28.2 Å². The van der Waals surface area contributed by atoms with Crippen LogP contribution in [0.3, 0.4) is 0 Å². The van der Waals surface area contributed by atoms with Crippen molar-refractivity contribution in [2.45, 2.75) is 32.3 Å². The molecule has 21 heavy (non-hydrogen) atoms. The number of aliphatic carboxylic acids is 1. The third-order valence-corrected chi connectivity index (χ3v) is 3.08. The summed E-state index contributed by atoms with van der Waals surface area (Å²) in [6.45, 7) is 0.664. The molecule has 1 atom stereocenters. The number of carboxylic acids is 1. The van der Waals surface area contributed by atoms with Crippen LogP contribution >= 0.6 is 11.6 Å². The maximum absolute atomic E-state index is 13.5. The molecule has 0 fully saturated rings. The Morgan fingerprint density at radius 3 is 2.62 bits per heavy atom. The van der Waals surface area contributed by atoms with Gasteiger partial charge in [-0.1, -0.05) is 18.5 Å². The molecule has 0 bridgehead atoms. The van der Waals surface area contributed by atoms with E-state index in [0.29, 0.717) is 0 Å². The summed E-state index contributed by atoms with van der Waals surface area (Å²) in [5.41, 5.74) is 0.0534. The van der Waals surface area contributed by atoms with E-state index in [0.717, 1.165) is 12.1 Å². The number of benzene rings is 1. The first-order chi connectivity index (χ1) is 9.88. The lowest BCUT2D eigenvalue weighted by Crippen LogP contribution is -2.21. The van der Waals surface area contributed by atoms with Crippen LogP contribution in [-0.2, 0) is 4.79 Å². The molecule has 0 aromatic heterocycles. The zero-order chi connectivity index (χ0) is 16.0. The maximum Gasteiger partial charge on any atom is 0.303 e. The molecular weight excluding hydrogens is 306 g/mol. The number of ketones is 1. The molecule has 4 nitrogen and oxygen atoms in total. The number of hydrogen-bond acceptors (Lipinski definition) is 3. The summed E-state index contributed by atoms with van der Waals surface area (Å²) in [7, 11) is 0. The second-order valence-corrected chi connectivity index (χ2v) is 4.77. The van der Waals surface area contributed by atoms with Gasteiger partial charge in [0.2, 0.25) is 0 Å². The minimum absolute atomic E-state index is 0.0534. The summed E-state index contributed by atoms with van der Waals surface area (Å²) in [6.07, 6.45) is -1.30. The molecule has 1 aromatic carbocycles. The van der Waals surface area contributed by atoms with Crippen molar-refractivity contribution in [2.75, 3.05) is 6.67 Å². The Kier molecular flexibility index (Phi) is 6.55. The Balaban J connectivity index is 3.01. The van der Waals surface area contributed by atoms with Gasteiger partial charge >= 0.3 is 5.97 Å². The Morgan fingerprint density at radius 2 is 2.10 bits per heavy atom. The van der Waals surface area contributed by atoms with Crippen LogP contribution in [0.15, 0.2) is 12.1 Å². The lowest BCUT2D eigenvalue weighted by molar-refractivity contribution is -0.137. The molecule has 0 aliphatic heterocycles. The number of Topliss-reactive ketones (excluding diaryl/α,β-unsaturated/α-hetero) is 1. The first kappa shape index (κ1) is 17.4. The smallest absolute Gasteiger partial charge is 0.303 e. The summed E-state index contributed by atoms with van der Waals surface area (Å²) in [4.78, 5) is 22.3. The number of carbonyl (C=O) groups excluding carboxylic acids is 1. The highest BCUT2D eigenvalue weighted by molar-refractivity contribution is 6.31.